The highest BCUT2D eigenvalue weighted by atomic mass is 16.5. The molecule has 0 unspecified atom stereocenters. The molecule has 0 amide bonds. The minimum atomic E-state index is 0.0638. The Hall–Kier alpha value is -0.870. The number of ether oxygens (including phenoxy) is 1. The van der Waals surface area contributed by atoms with Crippen LogP contribution in [0.5, 0.6) is 0 Å². The first-order chi connectivity index (χ1) is 8.55. The zero-order valence-corrected chi connectivity index (χ0v) is 11.8. The van der Waals surface area contributed by atoms with Crippen LogP contribution in [-0.2, 0) is 11.2 Å². The highest BCUT2D eigenvalue weighted by Gasteiger charge is 2.29. The lowest BCUT2D eigenvalue weighted by Gasteiger charge is -2.37. The molecule has 0 aliphatic carbocycles. The van der Waals surface area contributed by atoms with Crippen LogP contribution in [0.15, 0.2) is 12.4 Å². The molecular formula is C14H25N3O. The largest absolute Gasteiger partial charge is 0.376 e. The molecule has 1 saturated heterocycles. The Balaban J connectivity index is 1.72. The van der Waals surface area contributed by atoms with Crippen molar-refractivity contribution in [3.8, 4) is 0 Å². The predicted octanol–water partition coefficient (Wildman–Crippen LogP) is 2.09. The molecular weight excluding hydrogens is 226 g/mol. The van der Waals surface area contributed by atoms with Crippen LogP contribution in [-0.4, -0.2) is 47.4 Å². The number of hydrogen-bond acceptors (Lipinski definition) is 3. The van der Waals surface area contributed by atoms with Crippen LogP contribution in [0.3, 0.4) is 0 Å². The first-order valence-corrected chi connectivity index (χ1v) is 6.85. The second-order valence-corrected chi connectivity index (χ2v) is 6.09. The third-order valence-corrected chi connectivity index (χ3v) is 3.71. The average molecular weight is 251 g/mol. The molecule has 4 heteroatoms. The number of aromatic amines is 1. The van der Waals surface area contributed by atoms with Crippen LogP contribution in [0, 0.1) is 5.92 Å². The average Bonchev–Trinajstić information content (AvgIpc) is 2.77. The minimum Gasteiger partial charge on any atom is -0.376 e. The lowest BCUT2D eigenvalue weighted by atomic mass is 9.88. The first kappa shape index (κ1) is 13.6. The molecule has 1 aromatic heterocycles. The summed E-state index contributed by atoms with van der Waals surface area (Å²) in [7, 11) is 2.21. The molecule has 2 heterocycles. The van der Waals surface area contributed by atoms with Gasteiger partial charge in [-0.25, -0.2) is 0 Å². The molecule has 1 atom stereocenters. The molecule has 1 N–H and O–H groups in total. The Kier molecular flexibility index (Phi) is 4.40. The molecule has 1 aliphatic heterocycles. The second kappa shape index (κ2) is 5.85. The molecule has 4 nitrogen and oxygen atoms in total. The van der Waals surface area contributed by atoms with Gasteiger partial charge in [0.2, 0.25) is 0 Å². The Bertz CT molecular complexity index is 348. The van der Waals surface area contributed by atoms with Crippen LogP contribution in [0.2, 0.25) is 0 Å². The number of likely N-dealkylation sites (N-methyl/N-ethyl adjacent to an activating group) is 1. The standard InChI is InChI=1S/C14H25N3O/c1-14(2)8-12(5-7-18-14)11-17(3)6-4-13-9-15-16-10-13/h9-10,12H,4-8,11H2,1-3H3,(H,15,16)/t12-/m1/s1. The van der Waals surface area contributed by atoms with Crippen molar-refractivity contribution in [1.29, 1.82) is 0 Å². The number of H-pyrrole nitrogens is 1. The number of nitrogens with one attached hydrogen (secondary N) is 1. The van der Waals surface area contributed by atoms with Gasteiger partial charge < -0.3 is 9.64 Å². The van der Waals surface area contributed by atoms with Gasteiger partial charge in [0.05, 0.1) is 11.8 Å². The molecule has 0 saturated carbocycles. The summed E-state index contributed by atoms with van der Waals surface area (Å²) in [6, 6.07) is 0. The van der Waals surface area contributed by atoms with Gasteiger partial charge in [-0.05, 0) is 51.6 Å². The predicted molar refractivity (Wildman–Crippen MR) is 72.5 cm³/mol. The summed E-state index contributed by atoms with van der Waals surface area (Å²) in [5.74, 6) is 0.767. The van der Waals surface area contributed by atoms with E-state index in [4.69, 9.17) is 4.74 Å². The molecule has 0 bridgehead atoms. The van der Waals surface area contributed by atoms with E-state index in [-0.39, 0.29) is 5.60 Å². The Morgan fingerprint density at radius 1 is 1.56 bits per heavy atom. The Morgan fingerprint density at radius 2 is 2.39 bits per heavy atom. The lowest BCUT2D eigenvalue weighted by molar-refractivity contribution is -0.0758. The maximum Gasteiger partial charge on any atom is 0.0629 e. The fraction of sp³-hybridized carbons (Fsp3) is 0.786. The van der Waals surface area contributed by atoms with Gasteiger partial charge in [0.1, 0.15) is 0 Å². The zero-order chi connectivity index (χ0) is 13.0. The van der Waals surface area contributed by atoms with E-state index < -0.39 is 0 Å². The van der Waals surface area contributed by atoms with E-state index in [1.54, 1.807) is 0 Å². The maximum atomic E-state index is 5.77. The monoisotopic (exact) mass is 251 g/mol. The lowest BCUT2D eigenvalue weighted by Crippen LogP contribution is -2.39. The van der Waals surface area contributed by atoms with Gasteiger partial charge in [-0.3, -0.25) is 5.10 Å². The van der Waals surface area contributed by atoms with Gasteiger partial charge >= 0.3 is 0 Å². The van der Waals surface area contributed by atoms with Gasteiger partial charge in [-0.2, -0.15) is 5.10 Å². The van der Waals surface area contributed by atoms with Crippen LogP contribution in [0.1, 0.15) is 32.3 Å². The van der Waals surface area contributed by atoms with Crippen molar-refractivity contribution >= 4 is 0 Å². The van der Waals surface area contributed by atoms with Crippen molar-refractivity contribution in [2.75, 3.05) is 26.7 Å². The van der Waals surface area contributed by atoms with Crippen LogP contribution < -0.4 is 0 Å². The van der Waals surface area contributed by atoms with Crippen molar-refractivity contribution in [3.63, 3.8) is 0 Å². The van der Waals surface area contributed by atoms with Crippen molar-refractivity contribution in [2.24, 2.45) is 5.92 Å². The van der Waals surface area contributed by atoms with E-state index in [1.807, 2.05) is 12.4 Å². The summed E-state index contributed by atoms with van der Waals surface area (Å²) in [6.07, 6.45) is 7.32. The van der Waals surface area contributed by atoms with E-state index in [9.17, 15) is 0 Å². The summed E-state index contributed by atoms with van der Waals surface area (Å²) in [4.78, 5) is 2.43. The Labute approximate surface area is 110 Å². The third kappa shape index (κ3) is 4.10. The summed E-state index contributed by atoms with van der Waals surface area (Å²) in [5.41, 5.74) is 1.35. The molecule has 1 fully saturated rings. The molecule has 0 spiro atoms. The summed E-state index contributed by atoms with van der Waals surface area (Å²) >= 11 is 0. The fourth-order valence-corrected chi connectivity index (χ4v) is 2.78. The van der Waals surface area contributed by atoms with Crippen LogP contribution in [0.25, 0.3) is 0 Å². The quantitative estimate of drug-likeness (QED) is 0.871. The molecule has 0 aromatic carbocycles. The number of hydrogen-bond donors (Lipinski definition) is 1. The van der Waals surface area contributed by atoms with E-state index in [1.165, 1.54) is 24.9 Å². The van der Waals surface area contributed by atoms with E-state index in [2.05, 4.69) is 36.0 Å². The Morgan fingerprint density at radius 3 is 3.06 bits per heavy atom. The van der Waals surface area contributed by atoms with Crippen molar-refractivity contribution in [1.82, 2.24) is 15.1 Å². The molecule has 1 aliphatic rings. The van der Waals surface area contributed by atoms with Crippen molar-refractivity contribution in [3.05, 3.63) is 18.0 Å². The van der Waals surface area contributed by atoms with Crippen LogP contribution in [0.4, 0.5) is 0 Å². The summed E-state index contributed by atoms with van der Waals surface area (Å²) < 4.78 is 5.77. The maximum absolute atomic E-state index is 5.77. The molecule has 1 aromatic rings. The van der Waals surface area contributed by atoms with Gasteiger partial charge in [0, 0.05) is 25.9 Å². The molecule has 102 valence electrons. The van der Waals surface area contributed by atoms with E-state index in [0.29, 0.717) is 0 Å². The number of rotatable bonds is 5. The number of nitrogens with zero attached hydrogens (tertiary/aromatic N) is 2. The minimum absolute atomic E-state index is 0.0638. The smallest absolute Gasteiger partial charge is 0.0629 e. The van der Waals surface area contributed by atoms with E-state index >= 15 is 0 Å². The van der Waals surface area contributed by atoms with Gasteiger partial charge in [0.15, 0.2) is 0 Å². The summed E-state index contributed by atoms with van der Waals surface area (Å²) in [5, 5.41) is 6.84. The highest BCUT2D eigenvalue weighted by Crippen LogP contribution is 2.28. The first-order valence-electron chi connectivity index (χ1n) is 6.85. The second-order valence-electron chi connectivity index (χ2n) is 6.09. The third-order valence-electron chi connectivity index (χ3n) is 3.71. The van der Waals surface area contributed by atoms with Crippen molar-refractivity contribution < 1.29 is 4.74 Å². The normalized spacial score (nSPS) is 23.4. The molecule has 18 heavy (non-hydrogen) atoms. The van der Waals surface area contributed by atoms with Gasteiger partial charge in [-0.1, -0.05) is 0 Å². The molecule has 0 radical (unpaired) electrons. The SMILES string of the molecule is CN(CCc1cn[nH]c1)C[C@@H]1CCOC(C)(C)C1. The van der Waals surface area contributed by atoms with E-state index in [0.717, 1.165) is 25.5 Å². The van der Waals surface area contributed by atoms with Crippen molar-refractivity contribution in [2.45, 2.75) is 38.7 Å². The van der Waals surface area contributed by atoms with Gasteiger partial charge in [-0.15, -0.1) is 0 Å². The summed E-state index contributed by atoms with van der Waals surface area (Å²) in [6.45, 7) is 7.57. The van der Waals surface area contributed by atoms with Gasteiger partial charge in [0.25, 0.3) is 0 Å². The molecule has 2 rings (SSSR count). The number of aromatic nitrogens is 2. The topological polar surface area (TPSA) is 41.2 Å². The fourth-order valence-electron chi connectivity index (χ4n) is 2.78. The zero-order valence-electron chi connectivity index (χ0n) is 11.8. The van der Waals surface area contributed by atoms with Crippen LogP contribution >= 0.6 is 0 Å². The highest BCUT2D eigenvalue weighted by molar-refractivity contribution is 5.02.